The Morgan fingerprint density at radius 2 is 1.12 bits per heavy atom. The van der Waals surface area contributed by atoms with Crippen LogP contribution in [0, 0.1) is 0 Å². The van der Waals surface area contributed by atoms with Gasteiger partial charge in [-0.2, -0.15) is 0 Å². The molecule has 0 bridgehead atoms. The highest BCUT2D eigenvalue weighted by atomic mass is 16.3. The van der Waals surface area contributed by atoms with Crippen molar-refractivity contribution in [2.75, 3.05) is 6.61 Å². The summed E-state index contributed by atoms with van der Waals surface area (Å²) >= 11 is 0. The van der Waals surface area contributed by atoms with Crippen molar-refractivity contribution in [3.63, 3.8) is 0 Å². The number of carbonyl (C=O) groups is 1. The van der Waals surface area contributed by atoms with Gasteiger partial charge < -0.3 is 15.5 Å². The average molecular weight is 556 g/mol. The fourth-order valence-corrected chi connectivity index (χ4v) is 4.17. The van der Waals surface area contributed by atoms with Gasteiger partial charge in [-0.05, 0) is 70.6 Å². The maximum absolute atomic E-state index is 12.3. The van der Waals surface area contributed by atoms with Crippen molar-refractivity contribution < 1.29 is 15.0 Å². The van der Waals surface area contributed by atoms with E-state index in [1.165, 1.54) is 32.1 Å². The Morgan fingerprint density at radius 1 is 0.625 bits per heavy atom. The first-order valence-electron chi connectivity index (χ1n) is 16.2. The molecule has 1 amide bonds. The van der Waals surface area contributed by atoms with Gasteiger partial charge in [-0.15, -0.1) is 0 Å². The average Bonchev–Trinajstić information content (AvgIpc) is 2.96. The summed E-state index contributed by atoms with van der Waals surface area (Å²) in [6.07, 6.45) is 44.0. The molecule has 0 aliphatic rings. The van der Waals surface area contributed by atoms with E-state index in [0.717, 1.165) is 77.0 Å². The summed E-state index contributed by atoms with van der Waals surface area (Å²) in [6.45, 7) is 4.07. The van der Waals surface area contributed by atoms with E-state index in [1.54, 1.807) is 6.08 Å². The van der Waals surface area contributed by atoms with Crippen LogP contribution in [0.3, 0.4) is 0 Å². The van der Waals surface area contributed by atoms with Crippen molar-refractivity contribution in [3.05, 3.63) is 72.9 Å². The highest BCUT2D eigenvalue weighted by Crippen LogP contribution is 2.11. The Hall–Kier alpha value is -2.17. The van der Waals surface area contributed by atoms with Crippen LogP contribution >= 0.6 is 0 Å². The zero-order valence-electron chi connectivity index (χ0n) is 25.8. The highest BCUT2D eigenvalue weighted by Gasteiger charge is 2.17. The van der Waals surface area contributed by atoms with Crippen molar-refractivity contribution in [3.8, 4) is 0 Å². The van der Waals surface area contributed by atoms with Gasteiger partial charge in [0.2, 0.25) is 5.91 Å². The molecule has 0 saturated carbocycles. The fourth-order valence-electron chi connectivity index (χ4n) is 4.17. The maximum Gasteiger partial charge on any atom is 0.220 e. The number of amides is 1. The molecule has 0 aliphatic heterocycles. The van der Waals surface area contributed by atoms with Crippen molar-refractivity contribution >= 4 is 5.91 Å². The van der Waals surface area contributed by atoms with Gasteiger partial charge in [-0.1, -0.05) is 125 Å². The number of rotatable bonds is 27. The first kappa shape index (κ1) is 37.8. The third kappa shape index (κ3) is 27.4. The lowest BCUT2D eigenvalue weighted by atomic mass is 10.1. The van der Waals surface area contributed by atoms with Gasteiger partial charge in [0, 0.05) is 6.42 Å². The van der Waals surface area contributed by atoms with E-state index in [1.807, 2.05) is 6.08 Å². The van der Waals surface area contributed by atoms with Crippen molar-refractivity contribution in [2.24, 2.45) is 0 Å². The molecule has 0 radical (unpaired) electrons. The predicted molar refractivity (Wildman–Crippen MR) is 174 cm³/mol. The largest absolute Gasteiger partial charge is 0.394 e. The van der Waals surface area contributed by atoms with E-state index in [9.17, 15) is 15.0 Å². The number of hydrogen-bond acceptors (Lipinski definition) is 3. The molecule has 3 N–H and O–H groups in total. The Labute approximate surface area is 247 Å². The van der Waals surface area contributed by atoms with Crippen LogP contribution in [0.4, 0.5) is 0 Å². The highest BCUT2D eigenvalue weighted by molar-refractivity contribution is 5.76. The molecule has 0 heterocycles. The van der Waals surface area contributed by atoms with Crippen LogP contribution in [0.1, 0.15) is 129 Å². The summed E-state index contributed by atoms with van der Waals surface area (Å²) in [5.41, 5.74) is 0. The minimum absolute atomic E-state index is 0.0959. The van der Waals surface area contributed by atoms with Crippen molar-refractivity contribution in [2.45, 2.75) is 142 Å². The van der Waals surface area contributed by atoms with E-state index in [0.29, 0.717) is 6.42 Å². The molecule has 0 aromatic rings. The Morgan fingerprint density at radius 3 is 1.73 bits per heavy atom. The first-order chi connectivity index (χ1) is 19.7. The summed E-state index contributed by atoms with van der Waals surface area (Å²) in [7, 11) is 0. The van der Waals surface area contributed by atoms with Crippen LogP contribution < -0.4 is 5.32 Å². The van der Waals surface area contributed by atoms with Crippen LogP contribution in [0.2, 0.25) is 0 Å². The number of carbonyl (C=O) groups excluding carboxylic acids is 1. The predicted octanol–water partition coefficient (Wildman–Crippen LogP) is 9.22. The molecule has 4 heteroatoms. The second-order valence-electron chi connectivity index (χ2n) is 10.5. The summed E-state index contributed by atoms with van der Waals surface area (Å²) in [5.74, 6) is -0.0959. The minimum atomic E-state index is -0.874. The molecule has 0 fully saturated rings. The van der Waals surface area contributed by atoms with Gasteiger partial charge in [0.25, 0.3) is 0 Å². The molecule has 4 nitrogen and oxygen atoms in total. The molecule has 0 rings (SSSR count). The number of hydrogen-bond donors (Lipinski definition) is 3. The topological polar surface area (TPSA) is 69.6 Å². The van der Waals surface area contributed by atoms with Gasteiger partial charge in [-0.3, -0.25) is 4.79 Å². The Bertz CT molecular complexity index is 732. The van der Waals surface area contributed by atoms with Gasteiger partial charge >= 0.3 is 0 Å². The second-order valence-corrected chi connectivity index (χ2v) is 10.5. The normalized spacial score (nSPS) is 14.2. The number of aliphatic hydroxyl groups excluding tert-OH is 2. The Balaban J connectivity index is 3.75. The molecule has 40 heavy (non-hydrogen) atoms. The van der Waals surface area contributed by atoms with Gasteiger partial charge in [0.1, 0.15) is 0 Å². The van der Waals surface area contributed by atoms with E-state index in [-0.39, 0.29) is 12.5 Å². The van der Waals surface area contributed by atoms with E-state index in [4.69, 9.17) is 0 Å². The Kier molecular flexibility index (Phi) is 29.7. The van der Waals surface area contributed by atoms with E-state index in [2.05, 4.69) is 79.9 Å². The standard InChI is InChI=1S/C36H61NO3/c1-3-5-7-9-11-13-15-16-17-18-19-20-22-24-26-28-30-32-36(40)37-34(33-38)35(39)31-29-27-25-23-21-14-12-10-8-6-4-2/h5,7-8,10-11,13,16-17,21,23,29,31,34-35,38-39H,3-4,6,9,12,14-15,18-20,22,24-28,30,32-33H2,1-2H3,(H,37,40)/b7-5-,10-8+,13-11-,17-16-,23-21+,31-29+. The van der Waals surface area contributed by atoms with Crippen LogP contribution in [0.5, 0.6) is 0 Å². The monoisotopic (exact) mass is 555 g/mol. The lowest BCUT2D eigenvalue weighted by molar-refractivity contribution is -0.123. The number of aliphatic hydroxyl groups is 2. The summed E-state index contributed by atoms with van der Waals surface area (Å²) in [4.78, 5) is 12.3. The molecule has 0 saturated heterocycles. The van der Waals surface area contributed by atoms with Crippen LogP contribution in [0.25, 0.3) is 0 Å². The molecule has 0 aliphatic carbocycles. The molecule has 0 spiro atoms. The summed E-state index contributed by atoms with van der Waals surface area (Å²) in [5, 5.41) is 22.7. The van der Waals surface area contributed by atoms with Crippen LogP contribution in [0.15, 0.2) is 72.9 Å². The fraction of sp³-hybridized carbons (Fsp3) is 0.639. The quantitative estimate of drug-likeness (QED) is 0.0699. The van der Waals surface area contributed by atoms with Gasteiger partial charge in [0.05, 0.1) is 18.8 Å². The molecule has 0 aromatic heterocycles. The summed E-state index contributed by atoms with van der Waals surface area (Å²) in [6, 6.07) is -0.651. The molecular formula is C36H61NO3. The number of unbranched alkanes of at least 4 members (excludes halogenated alkanes) is 10. The zero-order valence-corrected chi connectivity index (χ0v) is 25.8. The maximum atomic E-state index is 12.3. The lowest BCUT2D eigenvalue weighted by Crippen LogP contribution is -2.45. The molecule has 228 valence electrons. The molecular weight excluding hydrogens is 494 g/mol. The summed E-state index contributed by atoms with van der Waals surface area (Å²) < 4.78 is 0. The molecule has 2 unspecified atom stereocenters. The first-order valence-corrected chi connectivity index (χ1v) is 16.2. The SMILES string of the molecule is CC/C=C\C/C=C\C/C=C\CCCCCCCCCC(=O)NC(CO)C(O)/C=C/CC/C=C/CC/C=C/CCC. The minimum Gasteiger partial charge on any atom is -0.394 e. The van der Waals surface area contributed by atoms with E-state index >= 15 is 0 Å². The third-order valence-corrected chi connectivity index (χ3v) is 6.63. The smallest absolute Gasteiger partial charge is 0.220 e. The lowest BCUT2D eigenvalue weighted by Gasteiger charge is -2.19. The molecule has 2 atom stereocenters. The van der Waals surface area contributed by atoms with E-state index < -0.39 is 12.1 Å². The molecule has 0 aromatic carbocycles. The second kappa shape index (κ2) is 31.4. The number of nitrogens with one attached hydrogen (secondary N) is 1. The number of allylic oxidation sites excluding steroid dienone is 11. The third-order valence-electron chi connectivity index (χ3n) is 6.63. The zero-order chi connectivity index (χ0) is 29.4. The van der Waals surface area contributed by atoms with Gasteiger partial charge in [-0.25, -0.2) is 0 Å². The van der Waals surface area contributed by atoms with Gasteiger partial charge in [0.15, 0.2) is 0 Å². The van der Waals surface area contributed by atoms with Crippen molar-refractivity contribution in [1.29, 1.82) is 0 Å². The van der Waals surface area contributed by atoms with Crippen LogP contribution in [-0.4, -0.2) is 34.9 Å². The van der Waals surface area contributed by atoms with Crippen molar-refractivity contribution in [1.82, 2.24) is 5.32 Å². The van der Waals surface area contributed by atoms with Crippen LogP contribution in [-0.2, 0) is 4.79 Å².